The summed E-state index contributed by atoms with van der Waals surface area (Å²) in [5, 5.41) is 11.1. The molecule has 0 bridgehead atoms. The SMILES string of the molecule is COc1ccc(F)cc1/C(O)=C1\C(=O)C(=O)N(Cc2ccccn2)C1c1ccc(F)cc1. The number of rotatable bonds is 5. The lowest BCUT2D eigenvalue weighted by Gasteiger charge is -2.25. The van der Waals surface area contributed by atoms with Crippen molar-refractivity contribution in [3.05, 3.63) is 101 Å². The number of likely N-dealkylation sites (tertiary alicyclic amines) is 1. The van der Waals surface area contributed by atoms with Gasteiger partial charge in [0, 0.05) is 6.20 Å². The summed E-state index contributed by atoms with van der Waals surface area (Å²) < 4.78 is 32.7. The number of nitrogens with zero attached hydrogens (tertiary/aromatic N) is 2. The van der Waals surface area contributed by atoms with E-state index < -0.39 is 35.1 Å². The van der Waals surface area contributed by atoms with Crippen molar-refractivity contribution in [1.82, 2.24) is 9.88 Å². The first-order chi connectivity index (χ1) is 15.4. The van der Waals surface area contributed by atoms with Crippen molar-refractivity contribution in [2.75, 3.05) is 7.11 Å². The average molecular weight is 436 g/mol. The first-order valence-corrected chi connectivity index (χ1v) is 9.68. The number of halogens is 2. The van der Waals surface area contributed by atoms with E-state index in [1.165, 1.54) is 42.3 Å². The molecule has 8 heteroatoms. The van der Waals surface area contributed by atoms with Gasteiger partial charge in [-0.25, -0.2) is 8.78 Å². The Labute approximate surface area is 182 Å². The summed E-state index contributed by atoms with van der Waals surface area (Å²) in [6, 6.07) is 12.8. The number of pyridine rings is 1. The van der Waals surface area contributed by atoms with Gasteiger partial charge in [-0.3, -0.25) is 14.6 Å². The standard InChI is InChI=1S/C24H18F2N2O4/c1-32-19-10-9-16(26)12-18(19)22(29)20-21(14-5-7-15(25)8-6-14)28(24(31)23(20)30)13-17-4-2-3-11-27-17/h2-12,21,29H,13H2,1H3/b22-20+. The number of aliphatic hydroxyl groups excluding tert-OH is 1. The van der Waals surface area contributed by atoms with Crippen molar-refractivity contribution in [1.29, 1.82) is 0 Å². The normalized spacial score (nSPS) is 17.6. The van der Waals surface area contributed by atoms with Crippen LogP contribution in [-0.4, -0.2) is 33.8 Å². The fourth-order valence-corrected chi connectivity index (χ4v) is 3.71. The average Bonchev–Trinajstić information content (AvgIpc) is 3.04. The minimum Gasteiger partial charge on any atom is -0.507 e. The van der Waals surface area contributed by atoms with Crippen molar-refractivity contribution in [2.24, 2.45) is 0 Å². The third-order valence-corrected chi connectivity index (χ3v) is 5.20. The van der Waals surface area contributed by atoms with Crippen molar-refractivity contribution in [2.45, 2.75) is 12.6 Å². The highest BCUT2D eigenvalue weighted by Gasteiger charge is 2.46. The molecule has 1 aliphatic rings. The van der Waals surface area contributed by atoms with Gasteiger partial charge in [-0.1, -0.05) is 18.2 Å². The number of benzene rings is 2. The second-order valence-corrected chi connectivity index (χ2v) is 7.14. The molecule has 1 aliphatic heterocycles. The van der Waals surface area contributed by atoms with Gasteiger partial charge in [-0.05, 0) is 48.0 Å². The zero-order valence-corrected chi connectivity index (χ0v) is 17.0. The van der Waals surface area contributed by atoms with E-state index >= 15 is 0 Å². The van der Waals surface area contributed by atoms with E-state index in [4.69, 9.17) is 4.74 Å². The summed E-state index contributed by atoms with van der Waals surface area (Å²) in [5.74, 6) is -3.42. The Hall–Kier alpha value is -4.07. The minimum absolute atomic E-state index is 0.0233. The van der Waals surface area contributed by atoms with E-state index in [2.05, 4.69) is 4.98 Å². The van der Waals surface area contributed by atoms with Gasteiger partial charge in [0.15, 0.2) is 0 Å². The van der Waals surface area contributed by atoms with Crippen LogP contribution in [0, 0.1) is 11.6 Å². The van der Waals surface area contributed by atoms with Crippen LogP contribution < -0.4 is 4.74 Å². The Morgan fingerprint density at radius 3 is 2.44 bits per heavy atom. The number of amides is 1. The Morgan fingerprint density at radius 2 is 1.78 bits per heavy atom. The number of carbonyl (C=O) groups is 2. The van der Waals surface area contributed by atoms with E-state index in [1.54, 1.807) is 24.4 Å². The van der Waals surface area contributed by atoms with Gasteiger partial charge in [0.05, 0.1) is 36.5 Å². The van der Waals surface area contributed by atoms with Crippen LogP contribution in [0.3, 0.4) is 0 Å². The monoisotopic (exact) mass is 436 g/mol. The number of hydrogen-bond acceptors (Lipinski definition) is 5. The van der Waals surface area contributed by atoms with E-state index in [0.717, 1.165) is 12.1 Å². The van der Waals surface area contributed by atoms with Crippen LogP contribution >= 0.6 is 0 Å². The Balaban J connectivity index is 1.91. The summed E-state index contributed by atoms with van der Waals surface area (Å²) in [5.41, 5.74) is 0.597. The van der Waals surface area contributed by atoms with Gasteiger partial charge in [0.25, 0.3) is 11.7 Å². The van der Waals surface area contributed by atoms with Gasteiger partial charge in [-0.15, -0.1) is 0 Å². The Morgan fingerprint density at radius 1 is 1.06 bits per heavy atom. The highest BCUT2D eigenvalue weighted by Crippen LogP contribution is 2.41. The van der Waals surface area contributed by atoms with Gasteiger partial charge < -0.3 is 14.7 Å². The van der Waals surface area contributed by atoms with Crippen LogP contribution in [0.4, 0.5) is 8.78 Å². The molecule has 0 spiro atoms. The van der Waals surface area contributed by atoms with Gasteiger partial charge in [0.1, 0.15) is 23.1 Å². The second kappa shape index (κ2) is 8.58. The molecular weight excluding hydrogens is 418 g/mol. The zero-order chi connectivity index (χ0) is 22.8. The number of aromatic nitrogens is 1. The van der Waals surface area contributed by atoms with Crippen molar-refractivity contribution >= 4 is 17.4 Å². The minimum atomic E-state index is -1.04. The highest BCUT2D eigenvalue weighted by atomic mass is 19.1. The topological polar surface area (TPSA) is 79.7 Å². The first kappa shape index (κ1) is 21.2. The summed E-state index contributed by atoms with van der Waals surface area (Å²) in [6.07, 6.45) is 1.55. The molecule has 1 fully saturated rings. The van der Waals surface area contributed by atoms with Crippen LogP contribution in [0.1, 0.15) is 22.9 Å². The lowest BCUT2D eigenvalue weighted by atomic mass is 9.95. The molecule has 2 heterocycles. The number of ketones is 1. The molecule has 1 N–H and O–H groups in total. The fourth-order valence-electron chi connectivity index (χ4n) is 3.71. The number of hydrogen-bond donors (Lipinski definition) is 1. The predicted molar refractivity (Wildman–Crippen MR) is 111 cm³/mol. The van der Waals surface area contributed by atoms with Gasteiger partial charge >= 0.3 is 0 Å². The number of Topliss-reactive ketones (excluding diaryl/α,β-unsaturated/α-hetero) is 1. The Bertz CT molecular complexity index is 1210. The maximum atomic E-state index is 13.9. The molecule has 3 aromatic rings. The van der Waals surface area contributed by atoms with E-state index in [0.29, 0.717) is 11.3 Å². The summed E-state index contributed by atoms with van der Waals surface area (Å²) in [7, 11) is 1.33. The van der Waals surface area contributed by atoms with Crippen LogP contribution in [0.5, 0.6) is 5.75 Å². The van der Waals surface area contributed by atoms with Crippen LogP contribution in [0.2, 0.25) is 0 Å². The molecule has 32 heavy (non-hydrogen) atoms. The van der Waals surface area contributed by atoms with Crippen molar-refractivity contribution in [3.8, 4) is 5.75 Å². The maximum Gasteiger partial charge on any atom is 0.296 e. The van der Waals surface area contributed by atoms with Crippen molar-refractivity contribution in [3.63, 3.8) is 0 Å². The molecular formula is C24H18F2N2O4. The number of methoxy groups -OCH3 is 1. The molecule has 6 nitrogen and oxygen atoms in total. The Kier molecular flexibility index (Phi) is 5.68. The molecule has 4 rings (SSSR count). The third-order valence-electron chi connectivity index (χ3n) is 5.20. The van der Waals surface area contributed by atoms with Gasteiger partial charge in [0.2, 0.25) is 0 Å². The second-order valence-electron chi connectivity index (χ2n) is 7.14. The van der Waals surface area contributed by atoms with E-state index in [-0.39, 0.29) is 23.4 Å². The van der Waals surface area contributed by atoms with Gasteiger partial charge in [-0.2, -0.15) is 0 Å². The highest BCUT2D eigenvalue weighted by molar-refractivity contribution is 6.46. The third kappa shape index (κ3) is 3.82. The summed E-state index contributed by atoms with van der Waals surface area (Å²) >= 11 is 0. The van der Waals surface area contributed by atoms with Crippen LogP contribution in [-0.2, 0) is 16.1 Å². The smallest absolute Gasteiger partial charge is 0.296 e. The van der Waals surface area contributed by atoms with E-state index in [9.17, 15) is 23.5 Å². The molecule has 1 saturated heterocycles. The van der Waals surface area contributed by atoms with Crippen molar-refractivity contribution < 1.29 is 28.2 Å². The number of aliphatic hydroxyl groups is 1. The predicted octanol–water partition coefficient (Wildman–Crippen LogP) is 3.99. The lowest BCUT2D eigenvalue weighted by molar-refractivity contribution is -0.140. The summed E-state index contributed by atoms with van der Waals surface area (Å²) in [6.45, 7) is -0.0233. The molecule has 1 aromatic heterocycles. The number of ether oxygens (including phenoxy) is 1. The molecule has 162 valence electrons. The van der Waals surface area contributed by atoms with Crippen LogP contribution in [0.25, 0.3) is 5.76 Å². The van der Waals surface area contributed by atoms with E-state index in [1.807, 2.05) is 0 Å². The largest absolute Gasteiger partial charge is 0.507 e. The zero-order valence-electron chi connectivity index (χ0n) is 17.0. The van der Waals surface area contributed by atoms with Crippen LogP contribution in [0.15, 0.2) is 72.4 Å². The molecule has 1 amide bonds. The summed E-state index contributed by atoms with van der Waals surface area (Å²) in [4.78, 5) is 31.4. The molecule has 1 unspecified atom stereocenters. The number of carbonyl (C=O) groups excluding carboxylic acids is 2. The first-order valence-electron chi connectivity index (χ1n) is 9.68. The fraction of sp³-hybridized carbons (Fsp3) is 0.125. The lowest BCUT2D eigenvalue weighted by Crippen LogP contribution is -2.29. The molecule has 0 radical (unpaired) electrons. The maximum absolute atomic E-state index is 13.9. The molecule has 0 aliphatic carbocycles. The molecule has 0 saturated carbocycles. The molecule has 1 atom stereocenters. The quantitative estimate of drug-likeness (QED) is 0.372. The molecule has 2 aromatic carbocycles.